The second-order valence-electron chi connectivity index (χ2n) is 12.7. The zero-order valence-corrected chi connectivity index (χ0v) is 30.6. The molecule has 0 spiro atoms. The van der Waals surface area contributed by atoms with Crippen LogP contribution in [0.5, 0.6) is 11.5 Å². The number of aliphatic hydroxyl groups excluding tert-OH is 2. The van der Waals surface area contributed by atoms with Crippen molar-refractivity contribution >= 4 is 35.1 Å². The molecule has 0 saturated heterocycles. The minimum atomic E-state index is -1.10. The van der Waals surface area contributed by atoms with Crippen molar-refractivity contribution in [2.45, 2.75) is 45.3 Å². The molecule has 2 N–H and O–H groups in total. The Bertz CT molecular complexity index is 1740. The van der Waals surface area contributed by atoms with E-state index in [1.807, 2.05) is 98.8 Å². The molecule has 0 aliphatic heterocycles. The quantitative estimate of drug-likeness (QED) is 0.0874. The van der Waals surface area contributed by atoms with Crippen molar-refractivity contribution in [3.63, 3.8) is 0 Å². The maximum absolute atomic E-state index is 11.8. The molecule has 2 unspecified atom stereocenters. The summed E-state index contributed by atoms with van der Waals surface area (Å²) in [5.74, 6) is -0.463. The van der Waals surface area contributed by atoms with Gasteiger partial charge in [-0.2, -0.15) is 0 Å². The van der Waals surface area contributed by atoms with Crippen LogP contribution in [-0.4, -0.2) is 60.8 Å². The first-order valence-electron chi connectivity index (χ1n) is 16.2. The number of rotatable bonds is 16. The Kier molecular flexibility index (Phi) is 13.5. The molecule has 8 nitrogen and oxygen atoms in total. The van der Waals surface area contributed by atoms with E-state index in [1.54, 1.807) is 0 Å². The summed E-state index contributed by atoms with van der Waals surface area (Å²) in [6, 6.07) is 26.8. The molecule has 268 valence electrons. The lowest BCUT2D eigenvalue weighted by atomic mass is 9.76. The third kappa shape index (κ3) is 10.2. The summed E-state index contributed by atoms with van der Waals surface area (Å²) >= 11 is 13.9. The first-order chi connectivity index (χ1) is 24.2. The highest BCUT2D eigenvalue weighted by Crippen LogP contribution is 2.46. The summed E-state index contributed by atoms with van der Waals surface area (Å²) in [4.78, 5) is 23.6. The second kappa shape index (κ2) is 17.6. The molecule has 0 aliphatic carbocycles. The maximum Gasteiger partial charge on any atom is 0.333 e. The van der Waals surface area contributed by atoms with E-state index in [0.717, 1.165) is 22.3 Å². The molecule has 2 atom stereocenters. The van der Waals surface area contributed by atoms with E-state index < -0.39 is 29.6 Å². The maximum atomic E-state index is 11.8. The molecule has 0 saturated carbocycles. The van der Waals surface area contributed by atoms with Crippen molar-refractivity contribution in [2.24, 2.45) is 0 Å². The second-order valence-corrected chi connectivity index (χ2v) is 13.5. The fraction of sp³-hybridized carbons (Fsp3) is 0.268. The van der Waals surface area contributed by atoms with Gasteiger partial charge in [-0.15, -0.1) is 0 Å². The Morgan fingerprint density at radius 1 is 0.647 bits per heavy atom. The van der Waals surface area contributed by atoms with Gasteiger partial charge in [0.2, 0.25) is 0 Å². The fourth-order valence-electron chi connectivity index (χ4n) is 5.08. The van der Waals surface area contributed by atoms with E-state index in [0.29, 0.717) is 32.7 Å². The van der Waals surface area contributed by atoms with Gasteiger partial charge in [0, 0.05) is 27.7 Å². The normalized spacial score (nSPS) is 12.4. The van der Waals surface area contributed by atoms with Crippen molar-refractivity contribution in [3.8, 4) is 33.8 Å². The lowest BCUT2D eigenvalue weighted by Crippen LogP contribution is -2.26. The van der Waals surface area contributed by atoms with Gasteiger partial charge in [-0.1, -0.05) is 111 Å². The van der Waals surface area contributed by atoms with E-state index in [9.17, 15) is 19.8 Å². The number of benzene rings is 4. The largest absolute Gasteiger partial charge is 0.489 e. The number of halogens is 2. The Balaban J connectivity index is 1.70. The smallest absolute Gasteiger partial charge is 0.333 e. The summed E-state index contributed by atoms with van der Waals surface area (Å²) in [6.07, 6.45) is -2.20. The highest BCUT2D eigenvalue weighted by molar-refractivity contribution is 6.33. The standard InChI is InChI=1S/C41H42Cl2O8/c1-25(2)39(46)50-23-31(44)21-48-37-33(27-13-9-7-10-14-27)17-29(19-35(37)42)41(5,6)30-18-34(28-15-11-8-12-16-28)38(36(43)20-30)49-22-32(45)24-51-40(47)26(3)4/h7-20,31-32,44-45H,1,3,21-24H2,2,4-6H3. The van der Waals surface area contributed by atoms with Crippen LogP contribution in [-0.2, 0) is 24.5 Å². The molecular weight excluding hydrogens is 691 g/mol. The molecule has 51 heavy (non-hydrogen) atoms. The minimum absolute atomic E-state index is 0.172. The van der Waals surface area contributed by atoms with Gasteiger partial charge in [0.25, 0.3) is 0 Å². The third-order valence-corrected chi connectivity index (χ3v) is 8.61. The highest BCUT2D eigenvalue weighted by Gasteiger charge is 2.29. The number of hydrogen-bond acceptors (Lipinski definition) is 8. The van der Waals surface area contributed by atoms with E-state index in [-0.39, 0.29) is 37.6 Å². The molecule has 0 bridgehead atoms. The molecule has 0 amide bonds. The van der Waals surface area contributed by atoms with Crippen molar-refractivity contribution in [3.05, 3.63) is 130 Å². The fourth-order valence-corrected chi connectivity index (χ4v) is 5.63. The zero-order chi connectivity index (χ0) is 37.3. The van der Waals surface area contributed by atoms with Gasteiger partial charge in [-0.3, -0.25) is 0 Å². The molecular formula is C41H42Cl2O8. The lowest BCUT2D eigenvalue weighted by molar-refractivity contribution is -0.143. The Morgan fingerprint density at radius 2 is 1.00 bits per heavy atom. The van der Waals surface area contributed by atoms with Gasteiger partial charge in [-0.05, 0) is 60.4 Å². The number of carbonyl (C=O) groups excluding carboxylic acids is 2. The van der Waals surface area contributed by atoms with Crippen LogP contribution < -0.4 is 9.47 Å². The van der Waals surface area contributed by atoms with Gasteiger partial charge in [0.15, 0.2) is 0 Å². The summed E-state index contributed by atoms with van der Waals surface area (Å²) in [5, 5.41) is 21.6. The molecule has 0 aliphatic rings. The zero-order valence-electron chi connectivity index (χ0n) is 29.1. The third-order valence-electron chi connectivity index (χ3n) is 8.05. The van der Waals surface area contributed by atoms with Crippen LogP contribution in [0.2, 0.25) is 10.0 Å². The Morgan fingerprint density at radius 3 is 1.33 bits per heavy atom. The molecule has 0 aromatic heterocycles. The van der Waals surface area contributed by atoms with Crippen LogP contribution >= 0.6 is 23.2 Å². The number of ether oxygens (including phenoxy) is 4. The lowest BCUT2D eigenvalue weighted by Gasteiger charge is -2.30. The van der Waals surface area contributed by atoms with E-state index in [2.05, 4.69) is 13.2 Å². The van der Waals surface area contributed by atoms with Crippen molar-refractivity contribution in [1.29, 1.82) is 0 Å². The van der Waals surface area contributed by atoms with Crippen molar-refractivity contribution < 1.29 is 38.7 Å². The molecule has 0 radical (unpaired) electrons. The number of aliphatic hydroxyl groups is 2. The first-order valence-corrected chi connectivity index (χ1v) is 17.0. The van der Waals surface area contributed by atoms with E-state index in [1.165, 1.54) is 13.8 Å². The predicted molar refractivity (Wildman–Crippen MR) is 200 cm³/mol. The summed E-state index contributed by atoms with van der Waals surface area (Å²) in [5.41, 5.74) is 4.59. The van der Waals surface area contributed by atoms with Crippen LogP contribution in [0.15, 0.2) is 109 Å². The topological polar surface area (TPSA) is 112 Å². The van der Waals surface area contributed by atoms with Gasteiger partial charge >= 0.3 is 11.9 Å². The molecule has 4 aromatic carbocycles. The van der Waals surface area contributed by atoms with Crippen LogP contribution in [0, 0.1) is 0 Å². The minimum Gasteiger partial charge on any atom is -0.489 e. The van der Waals surface area contributed by atoms with Crippen molar-refractivity contribution in [2.75, 3.05) is 26.4 Å². The average molecular weight is 734 g/mol. The van der Waals surface area contributed by atoms with Gasteiger partial charge in [-0.25, -0.2) is 9.59 Å². The average Bonchev–Trinajstić information content (AvgIpc) is 3.11. The van der Waals surface area contributed by atoms with Crippen molar-refractivity contribution in [1.82, 2.24) is 0 Å². The van der Waals surface area contributed by atoms with Crippen LogP contribution in [0.3, 0.4) is 0 Å². The highest BCUT2D eigenvalue weighted by atomic mass is 35.5. The molecule has 4 rings (SSSR count). The number of carbonyl (C=O) groups is 2. The van der Waals surface area contributed by atoms with Crippen LogP contribution in [0.4, 0.5) is 0 Å². The van der Waals surface area contributed by atoms with Gasteiger partial charge < -0.3 is 29.2 Å². The number of esters is 2. The van der Waals surface area contributed by atoms with Gasteiger partial charge in [0.1, 0.15) is 50.1 Å². The summed E-state index contributed by atoms with van der Waals surface area (Å²) in [7, 11) is 0. The van der Waals surface area contributed by atoms with Crippen LogP contribution in [0.25, 0.3) is 22.3 Å². The molecule has 0 heterocycles. The molecule has 0 fully saturated rings. The van der Waals surface area contributed by atoms with Crippen LogP contribution in [0.1, 0.15) is 38.8 Å². The number of hydrogen-bond donors (Lipinski definition) is 2. The Labute approximate surface area is 308 Å². The summed E-state index contributed by atoms with van der Waals surface area (Å²) < 4.78 is 22.3. The van der Waals surface area contributed by atoms with Gasteiger partial charge in [0.05, 0.1) is 10.0 Å². The SMILES string of the molecule is C=C(C)C(=O)OCC(O)COc1c(Cl)cc(C(C)(C)c2cc(Cl)c(OCC(O)COC(=O)C(=C)C)c(-c3ccccc3)c2)cc1-c1ccccc1. The van der Waals surface area contributed by atoms with E-state index >= 15 is 0 Å². The molecule has 10 heteroatoms. The molecule has 4 aromatic rings. The monoisotopic (exact) mass is 732 g/mol. The van der Waals surface area contributed by atoms with E-state index in [4.69, 9.17) is 42.1 Å². The first kappa shape index (κ1) is 39.2. The predicted octanol–water partition coefficient (Wildman–Crippen LogP) is 8.37. The summed E-state index contributed by atoms with van der Waals surface area (Å²) in [6.45, 7) is 13.4. The Hall–Kier alpha value is -4.60.